The molecule has 6 rings (SSSR count). The van der Waals surface area contributed by atoms with Crippen molar-refractivity contribution in [3.8, 4) is 0 Å². The van der Waals surface area contributed by atoms with Crippen LogP contribution < -0.4 is 0 Å². The predicted molar refractivity (Wildman–Crippen MR) is 147 cm³/mol. The lowest BCUT2D eigenvalue weighted by molar-refractivity contribution is 0.325. The Balaban J connectivity index is 1.48. The molecule has 0 amide bonds. The Hall–Kier alpha value is -4.60. The van der Waals surface area contributed by atoms with E-state index in [1.807, 2.05) is 92.3 Å². The zero-order valence-corrected chi connectivity index (χ0v) is 22.1. The molecule has 0 N–H and O–H groups in total. The van der Waals surface area contributed by atoms with Gasteiger partial charge in [-0.3, -0.25) is 0 Å². The topological polar surface area (TPSA) is 129 Å². The van der Waals surface area contributed by atoms with E-state index in [9.17, 15) is 0 Å². The van der Waals surface area contributed by atoms with Gasteiger partial charge < -0.3 is 0 Å². The van der Waals surface area contributed by atoms with Crippen LogP contribution in [0.1, 0.15) is 90.8 Å². The molecule has 10 nitrogen and oxygen atoms in total. The maximum atomic E-state index is 4.70. The van der Waals surface area contributed by atoms with Crippen LogP contribution in [0.15, 0.2) is 92.3 Å². The van der Waals surface area contributed by atoms with Crippen LogP contribution in [-0.2, 0) is 0 Å². The molecule has 0 saturated heterocycles. The molecule has 0 spiro atoms. The van der Waals surface area contributed by atoms with Crippen LogP contribution in [0.3, 0.4) is 0 Å². The molecule has 1 aliphatic carbocycles. The molecule has 0 aromatic carbocycles. The molecule has 0 atom stereocenters. The molecular formula is C30H30N10. The summed E-state index contributed by atoms with van der Waals surface area (Å²) in [5, 5.41) is 0. The highest BCUT2D eigenvalue weighted by molar-refractivity contribution is 5.14. The first-order valence-electron chi connectivity index (χ1n) is 13.7. The summed E-state index contributed by atoms with van der Waals surface area (Å²) < 4.78 is 0. The molecule has 0 unspecified atom stereocenters. The van der Waals surface area contributed by atoms with E-state index < -0.39 is 0 Å². The Kier molecular flexibility index (Phi) is 8.02. The molecule has 1 fully saturated rings. The summed E-state index contributed by atoms with van der Waals surface area (Å²) in [4.78, 5) is 47.0. The van der Waals surface area contributed by atoms with Gasteiger partial charge in [-0.25, -0.2) is 49.8 Å². The van der Waals surface area contributed by atoms with Gasteiger partial charge in [0.2, 0.25) is 0 Å². The fourth-order valence-electron chi connectivity index (χ4n) is 5.86. The monoisotopic (exact) mass is 530 g/mol. The highest BCUT2D eigenvalue weighted by Crippen LogP contribution is 2.46. The summed E-state index contributed by atoms with van der Waals surface area (Å²) in [6.45, 7) is 0. The van der Waals surface area contributed by atoms with E-state index in [4.69, 9.17) is 49.8 Å². The Morgan fingerprint density at radius 3 is 0.575 bits per heavy atom. The summed E-state index contributed by atoms with van der Waals surface area (Å²) in [6.07, 6.45) is 22.0. The molecule has 1 aliphatic rings. The van der Waals surface area contributed by atoms with Gasteiger partial charge >= 0.3 is 0 Å². The maximum absolute atomic E-state index is 4.70. The molecule has 0 radical (unpaired) electrons. The summed E-state index contributed by atoms with van der Waals surface area (Å²) in [5.74, 6) is 4.24. The third kappa shape index (κ3) is 6.17. The van der Waals surface area contributed by atoms with E-state index in [0.29, 0.717) is 0 Å². The molecule has 1 saturated carbocycles. The van der Waals surface area contributed by atoms with Crippen LogP contribution in [0.4, 0.5) is 0 Å². The largest absolute Gasteiger partial charge is 0.241 e. The Morgan fingerprint density at radius 2 is 0.425 bits per heavy atom. The third-order valence-corrected chi connectivity index (χ3v) is 7.60. The highest BCUT2D eigenvalue weighted by atomic mass is 14.9. The molecule has 5 aromatic heterocycles. The Bertz CT molecular complexity index is 1170. The fraction of sp³-hybridized carbons (Fsp3) is 0.333. The predicted octanol–water partition coefficient (Wildman–Crippen LogP) is 4.82. The lowest BCUT2D eigenvalue weighted by Crippen LogP contribution is -2.23. The second-order valence-electron chi connectivity index (χ2n) is 10.2. The lowest BCUT2D eigenvalue weighted by atomic mass is 9.74. The van der Waals surface area contributed by atoms with Gasteiger partial charge in [0.15, 0.2) is 0 Å². The first kappa shape index (κ1) is 25.7. The first-order valence-corrected chi connectivity index (χ1v) is 13.7. The highest BCUT2D eigenvalue weighted by Gasteiger charge is 2.36. The quantitative estimate of drug-likeness (QED) is 0.312. The van der Waals surface area contributed by atoms with Crippen molar-refractivity contribution in [2.24, 2.45) is 0 Å². The van der Waals surface area contributed by atoms with Crippen molar-refractivity contribution < 1.29 is 0 Å². The van der Waals surface area contributed by atoms with Crippen LogP contribution in [0.25, 0.3) is 0 Å². The van der Waals surface area contributed by atoms with Crippen molar-refractivity contribution in [3.05, 3.63) is 121 Å². The smallest absolute Gasteiger partial charge is 0.131 e. The van der Waals surface area contributed by atoms with Gasteiger partial charge in [-0.15, -0.1) is 0 Å². The maximum Gasteiger partial charge on any atom is 0.131 e. The van der Waals surface area contributed by atoms with Crippen LogP contribution in [0, 0.1) is 0 Å². The van der Waals surface area contributed by atoms with Crippen LogP contribution in [0.2, 0.25) is 0 Å². The van der Waals surface area contributed by atoms with Crippen molar-refractivity contribution in [1.82, 2.24) is 49.8 Å². The molecule has 40 heavy (non-hydrogen) atoms. The minimum absolute atomic E-state index is 0.0385. The van der Waals surface area contributed by atoms with E-state index in [1.165, 1.54) is 0 Å². The number of hydrogen-bond donors (Lipinski definition) is 0. The second kappa shape index (κ2) is 12.5. The summed E-state index contributed by atoms with van der Waals surface area (Å²) in [6, 6.07) is 9.26. The number of hydrogen-bond acceptors (Lipinski definition) is 10. The Morgan fingerprint density at radius 1 is 0.275 bits per heavy atom. The van der Waals surface area contributed by atoms with E-state index in [1.54, 1.807) is 0 Å². The SMILES string of the molecule is c1cnc(C2CC(c3ncccn3)CC(c3ncccn3)CC(c3ncccn3)CC(c3ncccn3)C2)nc1. The van der Waals surface area contributed by atoms with Crippen molar-refractivity contribution in [3.63, 3.8) is 0 Å². The first-order chi connectivity index (χ1) is 19.8. The average molecular weight is 531 g/mol. The van der Waals surface area contributed by atoms with E-state index in [-0.39, 0.29) is 29.6 Å². The van der Waals surface area contributed by atoms with Gasteiger partial charge in [0, 0.05) is 91.6 Å². The fourth-order valence-corrected chi connectivity index (χ4v) is 5.86. The molecule has 200 valence electrons. The summed E-state index contributed by atoms with van der Waals surface area (Å²) in [5.41, 5.74) is 0. The molecule has 0 bridgehead atoms. The molecule has 5 aromatic rings. The zero-order chi connectivity index (χ0) is 27.0. The average Bonchev–Trinajstić information content (AvgIpc) is 3.04. The third-order valence-electron chi connectivity index (χ3n) is 7.60. The summed E-state index contributed by atoms with van der Waals surface area (Å²) in [7, 11) is 0. The zero-order valence-electron chi connectivity index (χ0n) is 22.1. The van der Waals surface area contributed by atoms with E-state index in [0.717, 1.165) is 61.2 Å². The summed E-state index contributed by atoms with van der Waals surface area (Å²) >= 11 is 0. The van der Waals surface area contributed by atoms with Crippen LogP contribution in [0.5, 0.6) is 0 Å². The van der Waals surface area contributed by atoms with E-state index >= 15 is 0 Å². The molecule has 10 heteroatoms. The van der Waals surface area contributed by atoms with Crippen molar-refractivity contribution in [2.75, 3.05) is 0 Å². The Labute approximate surface area is 232 Å². The number of rotatable bonds is 5. The van der Waals surface area contributed by atoms with Crippen LogP contribution >= 0.6 is 0 Å². The number of nitrogens with zero attached hydrogens (tertiary/aromatic N) is 10. The van der Waals surface area contributed by atoms with Gasteiger partial charge in [-0.05, 0) is 62.4 Å². The van der Waals surface area contributed by atoms with Gasteiger partial charge in [0.25, 0.3) is 0 Å². The van der Waals surface area contributed by atoms with Gasteiger partial charge in [0.1, 0.15) is 29.1 Å². The number of aromatic nitrogens is 10. The van der Waals surface area contributed by atoms with Gasteiger partial charge in [0.05, 0.1) is 0 Å². The lowest BCUT2D eigenvalue weighted by Gasteiger charge is -2.32. The molecule has 5 heterocycles. The standard InChI is InChI=1S/C30H30N10/c1-6-31-26(32-7-1)21-16-22(27-33-8-2-9-34-27)18-24(29-37-12-4-13-38-29)20-25(30-39-14-5-15-40-30)19-23(17-21)28-35-10-3-11-36-28/h1-15,21-25H,16-20H2. The van der Waals surface area contributed by atoms with Crippen molar-refractivity contribution in [1.29, 1.82) is 0 Å². The minimum Gasteiger partial charge on any atom is -0.241 e. The molecular weight excluding hydrogens is 500 g/mol. The van der Waals surface area contributed by atoms with Gasteiger partial charge in [-0.2, -0.15) is 0 Å². The van der Waals surface area contributed by atoms with Crippen LogP contribution in [-0.4, -0.2) is 49.8 Å². The normalized spacial score (nSPS) is 23.8. The van der Waals surface area contributed by atoms with Crippen molar-refractivity contribution in [2.45, 2.75) is 61.7 Å². The van der Waals surface area contributed by atoms with Crippen molar-refractivity contribution >= 4 is 0 Å². The molecule has 0 aliphatic heterocycles. The van der Waals surface area contributed by atoms with Gasteiger partial charge in [-0.1, -0.05) is 0 Å². The van der Waals surface area contributed by atoms with E-state index in [2.05, 4.69) is 0 Å². The minimum atomic E-state index is 0.0385. The second-order valence-corrected chi connectivity index (χ2v) is 10.2.